The summed E-state index contributed by atoms with van der Waals surface area (Å²) in [6.07, 6.45) is -0.295. The zero-order valence-corrected chi connectivity index (χ0v) is 35.4. The second-order valence-electron chi connectivity index (χ2n) is 15.2. The van der Waals surface area contributed by atoms with Crippen LogP contribution in [0.3, 0.4) is 0 Å². The lowest BCUT2D eigenvalue weighted by molar-refractivity contribution is -0.164. The SMILES string of the molecule is CC[C@H](C)[C@@H](OC(=O)[C@H](Cc1ccc(OC)cc1)N(C)C)C(=O)N[C@@H](C(=O)N(C)[C@H](Cc1ccc(O)cc1)C(=O)N(C)[C@H](Cc1ccc([OH2+])cc1)C(=O)OC)C(C)C. The number of likely N-dealkylation sites (N-methyl/N-ethyl adjacent to an activating group) is 3. The molecule has 6 atom stereocenters. The molecule has 0 saturated heterocycles. The number of amides is 3. The van der Waals surface area contributed by atoms with Crippen LogP contribution in [0.15, 0.2) is 72.8 Å². The van der Waals surface area contributed by atoms with Crippen molar-refractivity contribution in [3.8, 4) is 17.2 Å². The number of hydrogen-bond donors (Lipinski definition) is 2. The molecule has 0 aliphatic rings. The first-order valence-electron chi connectivity index (χ1n) is 19.4. The molecule has 58 heavy (non-hydrogen) atoms. The number of aromatic hydroxyl groups is 1. The van der Waals surface area contributed by atoms with Crippen LogP contribution in [-0.4, -0.2) is 127 Å². The predicted molar refractivity (Wildman–Crippen MR) is 220 cm³/mol. The Balaban J connectivity index is 1.92. The largest absolute Gasteiger partial charge is 0.593 e. The van der Waals surface area contributed by atoms with Crippen molar-refractivity contribution < 1.29 is 48.4 Å². The molecule has 0 aromatic heterocycles. The minimum Gasteiger partial charge on any atom is -0.593 e. The van der Waals surface area contributed by atoms with Gasteiger partial charge in [0.15, 0.2) is 6.10 Å². The first-order valence-corrected chi connectivity index (χ1v) is 19.4. The van der Waals surface area contributed by atoms with Crippen LogP contribution in [0.5, 0.6) is 17.2 Å². The topological polar surface area (TPSA) is 178 Å². The Morgan fingerprint density at radius 1 is 0.690 bits per heavy atom. The van der Waals surface area contributed by atoms with Gasteiger partial charge < -0.3 is 39.5 Å². The van der Waals surface area contributed by atoms with Gasteiger partial charge in [-0.25, -0.2) is 4.79 Å². The first-order chi connectivity index (χ1) is 27.4. The van der Waals surface area contributed by atoms with E-state index in [9.17, 15) is 29.1 Å². The summed E-state index contributed by atoms with van der Waals surface area (Å²) in [4.78, 5) is 74.3. The van der Waals surface area contributed by atoms with Gasteiger partial charge in [-0.1, -0.05) is 52.0 Å². The van der Waals surface area contributed by atoms with Gasteiger partial charge >= 0.3 is 11.9 Å². The van der Waals surface area contributed by atoms with Crippen LogP contribution in [0, 0.1) is 11.8 Å². The Morgan fingerprint density at radius 2 is 1.17 bits per heavy atom. The maximum absolute atomic E-state index is 14.5. The molecule has 3 aromatic carbocycles. The highest BCUT2D eigenvalue weighted by Crippen LogP contribution is 2.22. The zero-order valence-electron chi connectivity index (χ0n) is 35.4. The highest BCUT2D eigenvalue weighted by molar-refractivity contribution is 5.95. The number of methoxy groups -OCH3 is 2. The fourth-order valence-corrected chi connectivity index (χ4v) is 6.44. The number of nitrogens with one attached hydrogen (secondary N) is 1. The lowest BCUT2D eigenvalue weighted by atomic mass is 9.96. The maximum atomic E-state index is 14.5. The van der Waals surface area contributed by atoms with Crippen LogP contribution in [0.1, 0.15) is 50.8 Å². The number of phenols is 1. The van der Waals surface area contributed by atoms with Crippen LogP contribution in [0.2, 0.25) is 0 Å². The summed E-state index contributed by atoms with van der Waals surface area (Å²) in [5.74, 6) is -2.91. The third kappa shape index (κ3) is 12.7. The second kappa shape index (κ2) is 21.8. The average Bonchev–Trinajstić information content (AvgIpc) is 3.21. The van der Waals surface area contributed by atoms with Crippen LogP contribution < -0.4 is 10.1 Å². The molecule has 14 nitrogen and oxygen atoms in total. The number of carbonyl (C=O) groups excluding carboxylic acids is 5. The van der Waals surface area contributed by atoms with E-state index < -0.39 is 71.8 Å². The lowest BCUT2D eigenvalue weighted by Crippen LogP contribution is -2.59. The number of phenolic OH excluding ortho intramolecular Hbond substituents is 1. The number of benzene rings is 3. The normalized spacial score (nSPS) is 14.3. The zero-order chi connectivity index (χ0) is 43.3. The predicted octanol–water partition coefficient (Wildman–Crippen LogP) is 3.72. The van der Waals surface area contributed by atoms with Crippen molar-refractivity contribution >= 4 is 29.7 Å². The van der Waals surface area contributed by atoms with Gasteiger partial charge in [0, 0.05) is 45.0 Å². The van der Waals surface area contributed by atoms with Gasteiger partial charge in [-0.2, -0.15) is 0 Å². The van der Waals surface area contributed by atoms with E-state index >= 15 is 0 Å². The van der Waals surface area contributed by atoms with E-state index in [1.165, 1.54) is 43.1 Å². The quantitative estimate of drug-likeness (QED) is 0.126. The highest BCUT2D eigenvalue weighted by Gasteiger charge is 2.40. The molecule has 0 bridgehead atoms. The summed E-state index contributed by atoms with van der Waals surface area (Å²) < 4.78 is 16.3. The summed E-state index contributed by atoms with van der Waals surface area (Å²) in [6, 6.07) is 16.0. The fourth-order valence-electron chi connectivity index (χ4n) is 6.44. The molecule has 0 spiro atoms. The Kier molecular flexibility index (Phi) is 17.5. The van der Waals surface area contributed by atoms with E-state index in [1.54, 1.807) is 95.4 Å². The number of rotatable bonds is 20. The summed E-state index contributed by atoms with van der Waals surface area (Å²) in [7, 11) is 9.25. The summed E-state index contributed by atoms with van der Waals surface area (Å²) >= 11 is 0. The number of esters is 2. The fraction of sp³-hybridized carbons (Fsp3) is 0.477. The molecule has 3 aromatic rings. The van der Waals surface area contributed by atoms with Crippen molar-refractivity contribution in [3.63, 3.8) is 0 Å². The minimum atomic E-state index is -1.22. The van der Waals surface area contributed by atoms with Crippen LogP contribution >= 0.6 is 0 Å². The van der Waals surface area contributed by atoms with Gasteiger partial charge in [-0.05, 0) is 85.9 Å². The molecule has 0 aliphatic carbocycles. The van der Waals surface area contributed by atoms with Crippen molar-refractivity contribution in [3.05, 3.63) is 89.5 Å². The Morgan fingerprint density at radius 3 is 1.66 bits per heavy atom. The minimum absolute atomic E-state index is 0.0130. The summed E-state index contributed by atoms with van der Waals surface area (Å²) in [5, 5.41) is 20.6. The molecule has 0 radical (unpaired) electrons. The van der Waals surface area contributed by atoms with Gasteiger partial charge in [-0.15, -0.1) is 0 Å². The molecular formula is C44H61N4O10+. The number of hydrogen-bond acceptors (Lipinski definition) is 10. The van der Waals surface area contributed by atoms with Gasteiger partial charge in [-0.3, -0.25) is 24.1 Å². The van der Waals surface area contributed by atoms with E-state index in [-0.39, 0.29) is 18.6 Å². The molecule has 4 N–H and O–H groups in total. The van der Waals surface area contributed by atoms with E-state index in [4.69, 9.17) is 19.3 Å². The van der Waals surface area contributed by atoms with Crippen LogP contribution in [0.4, 0.5) is 0 Å². The smallest absolute Gasteiger partial charge is 0.328 e. The Bertz CT molecular complexity index is 1820. The Hall–Kier alpha value is -5.63. The van der Waals surface area contributed by atoms with Crippen molar-refractivity contribution in [1.82, 2.24) is 20.0 Å². The molecular weight excluding hydrogens is 745 g/mol. The van der Waals surface area contributed by atoms with E-state index in [1.807, 2.05) is 19.1 Å². The van der Waals surface area contributed by atoms with E-state index in [0.717, 1.165) is 5.56 Å². The summed E-state index contributed by atoms with van der Waals surface area (Å²) in [6.45, 7) is 7.19. The van der Waals surface area contributed by atoms with Crippen molar-refractivity contribution in [2.24, 2.45) is 11.8 Å². The molecule has 0 fully saturated rings. The van der Waals surface area contributed by atoms with E-state index in [0.29, 0.717) is 35.5 Å². The van der Waals surface area contributed by atoms with Gasteiger partial charge in [0.1, 0.15) is 35.7 Å². The number of ether oxygens (including phenoxy) is 3. The van der Waals surface area contributed by atoms with Gasteiger partial charge in [0.25, 0.3) is 11.7 Å². The van der Waals surface area contributed by atoms with Crippen molar-refractivity contribution in [2.75, 3.05) is 42.4 Å². The molecule has 0 saturated carbocycles. The monoisotopic (exact) mass is 805 g/mol. The molecule has 0 aliphatic heterocycles. The van der Waals surface area contributed by atoms with Crippen molar-refractivity contribution in [1.29, 1.82) is 0 Å². The third-order valence-electron chi connectivity index (χ3n) is 10.5. The molecule has 3 rings (SSSR count). The average molecular weight is 806 g/mol. The molecule has 316 valence electrons. The molecule has 0 unspecified atom stereocenters. The van der Waals surface area contributed by atoms with E-state index in [2.05, 4.69) is 5.32 Å². The summed E-state index contributed by atoms with van der Waals surface area (Å²) in [5.41, 5.74) is 2.20. The standard InChI is InChI=1S/C44H60N4O10/c1-11-28(4)39(58-44(55)36(46(5)6)25-31-16-22-34(56-9)23-17-31)40(51)45-38(27(2)3)42(53)47(7)35(24-29-12-18-32(49)19-13-29)41(52)48(8)37(43(54)57-10)26-30-14-20-33(50)21-15-30/h12-23,27-28,35-39,49-50H,11,24-26H2,1-10H3,(H,45,51)/p+1/t28-,35+,36-,37+,38+,39+/m0/s1. The second-order valence-corrected chi connectivity index (χ2v) is 15.2. The highest BCUT2D eigenvalue weighted by atomic mass is 16.6. The first kappa shape index (κ1) is 46.8. The van der Waals surface area contributed by atoms with Gasteiger partial charge in [0.2, 0.25) is 11.8 Å². The number of carbonyl (C=O) groups is 5. The van der Waals surface area contributed by atoms with Crippen LogP contribution in [-0.2, 0) is 52.7 Å². The van der Waals surface area contributed by atoms with Gasteiger partial charge in [0.05, 0.1) is 14.2 Å². The van der Waals surface area contributed by atoms with Crippen LogP contribution in [0.25, 0.3) is 0 Å². The Labute approximate surface area is 342 Å². The molecule has 3 amide bonds. The number of nitrogens with zero attached hydrogens (tertiary/aromatic N) is 3. The molecule has 14 heteroatoms. The molecule has 0 heterocycles. The third-order valence-corrected chi connectivity index (χ3v) is 10.5. The van der Waals surface area contributed by atoms with Crippen molar-refractivity contribution in [2.45, 2.75) is 83.6 Å². The lowest BCUT2D eigenvalue weighted by Gasteiger charge is -2.36. The maximum Gasteiger partial charge on any atom is 0.328 e.